The number of rotatable bonds is 7. The summed E-state index contributed by atoms with van der Waals surface area (Å²) >= 11 is 0. The number of hydrogen-bond acceptors (Lipinski definition) is 6. The Labute approximate surface area is 152 Å². The molecule has 3 aromatic rings. The van der Waals surface area contributed by atoms with Gasteiger partial charge in [0.2, 0.25) is 0 Å². The zero-order valence-corrected chi connectivity index (χ0v) is 15.6. The predicted octanol–water partition coefficient (Wildman–Crippen LogP) is 4.10. The topological polar surface area (TPSA) is 74.2 Å². The van der Waals surface area contributed by atoms with Crippen LogP contribution < -0.4 is 5.30 Å². The van der Waals surface area contributed by atoms with E-state index in [9.17, 15) is 4.57 Å². The first-order chi connectivity index (χ1) is 12.7. The van der Waals surface area contributed by atoms with Gasteiger partial charge in [0.1, 0.15) is 5.69 Å². The van der Waals surface area contributed by atoms with Crippen molar-refractivity contribution in [2.75, 3.05) is 13.2 Å². The van der Waals surface area contributed by atoms with Gasteiger partial charge < -0.3 is 9.05 Å². The second kappa shape index (κ2) is 8.32. The standard InChI is InChI=1S/C19H20N3O3P/c1-3-24-26(23,25-4-2)18-12-11-16(15-9-5-7-13-20-15)22-19(18)17-10-6-8-14-21-17/h5-14H,3-4H2,1-2H3. The Morgan fingerprint density at radius 2 is 1.42 bits per heavy atom. The minimum Gasteiger partial charge on any atom is -0.305 e. The van der Waals surface area contributed by atoms with Gasteiger partial charge in [-0.25, -0.2) is 4.98 Å². The third kappa shape index (κ3) is 3.88. The minimum absolute atomic E-state index is 0.265. The molecule has 0 aliphatic heterocycles. The molecule has 0 spiro atoms. The summed E-state index contributed by atoms with van der Waals surface area (Å²) in [5, 5.41) is 0.402. The Kier molecular flexibility index (Phi) is 5.89. The van der Waals surface area contributed by atoms with Crippen molar-refractivity contribution in [2.24, 2.45) is 0 Å². The fraction of sp³-hybridized carbons (Fsp3) is 0.211. The number of hydrogen-bond donors (Lipinski definition) is 0. The fourth-order valence-electron chi connectivity index (χ4n) is 2.54. The summed E-state index contributed by atoms with van der Waals surface area (Å²) in [6.45, 7) is 4.09. The molecule has 0 N–H and O–H groups in total. The van der Waals surface area contributed by atoms with Crippen LogP contribution in [-0.4, -0.2) is 28.2 Å². The molecule has 0 aliphatic carbocycles. The molecule has 0 aliphatic rings. The van der Waals surface area contributed by atoms with Gasteiger partial charge in [0.15, 0.2) is 0 Å². The maximum absolute atomic E-state index is 13.3. The van der Waals surface area contributed by atoms with E-state index in [0.717, 1.165) is 5.69 Å². The van der Waals surface area contributed by atoms with E-state index in [1.165, 1.54) is 0 Å². The van der Waals surface area contributed by atoms with Crippen molar-refractivity contribution in [1.29, 1.82) is 0 Å². The molecule has 0 bridgehead atoms. The van der Waals surface area contributed by atoms with Gasteiger partial charge in [-0.3, -0.25) is 14.5 Å². The van der Waals surface area contributed by atoms with E-state index >= 15 is 0 Å². The highest BCUT2D eigenvalue weighted by molar-refractivity contribution is 7.62. The first kappa shape index (κ1) is 18.4. The van der Waals surface area contributed by atoms with Crippen molar-refractivity contribution in [1.82, 2.24) is 15.0 Å². The van der Waals surface area contributed by atoms with Gasteiger partial charge >= 0.3 is 7.60 Å². The van der Waals surface area contributed by atoms with E-state index in [4.69, 9.17) is 9.05 Å². The van der Waals surface area contributed by atoms with E-state index < -0.39 is 7.60 Å². The van der Waals surface area contributed by atoms with Crippen LogP contribution in [0.1, 0.15) is 13.8 Å². The minimum atomic E-state index is -3.51. The van der Waals surface area contributed by atoms with E-state index in [1.807, 2.05) is 36.4 Å². The molecule has 0 amide bonds. The third-order valence-electron chi connectivity index (χ3n) is 3.60. The van der Waals surface area contributed by atoms with Crippen molar-refractivity contribution in [3.63, 3.8) is 0 Å². The molecule has 0 atom stereocenters. The molecule has 7 heteroatoms. The SMILES string of the molecule is CCOP(=O)(OCC)c1ccc(-c2ccccn2)nc1-c1ccccn1. The van der Waals surface area contributed by atoms with Crippen molar-refractivity contribution < 1.29 is 13.6 Å². The highest BCUT2D eigenvalue weighted by Crippen LogP contribution is 2.48. The third-order valence-corrected chi connectivity index (χ3v) is 5.75. The van der Waals surface area contributed by atoms with Gasteiger partial charge in [0.05, 0.1) is 35.6 Å². The first-order valence-electron chi connectivity index (χ1n) is 8.41. The number of pyridine rings is 3. The van der Waals surface area contributed by atoms with Crippen molar-refractivity contribution in [3.05, 3.63) is 60.9 Å². The van der Waals surface area contributed by atoms with E-state index in [0.29, 0.717) is 22.4 Å². The Morgan fingerprint density at radius 3 is 1.96 bits per heavy atom. The number of nitrogens with zero attached hydrogens (tertiary/aromatic N) is 3. The van der Waals surface area contributed by atoms with Crippen LogP contribution in [0, 0.1) is 0 Å². The summed E-state index contributed by atoms with van der Waals surface area (Å²) in [6.07, 6.45) is 3.37. The van der Waals surface area contributed by atoms with Crippen molar-refractivity contribution >= 4 is 12.9 Å². The van der Waals surface area contributed by atoms with Crippen LogP contribution in [0.3, 0.4) is 0 Å². The quantitative estimate of drug-likeness (QED) is 0.584. The maximum atomic E-state index is 13.3. The molecule has 26 heavy (non-hydrogen) atoms. The summed E-state index contributed by atoms with van der Waals surface area (Å²) in [6, 6.07) is 14.6. The summed E-state index contributed by atoms with van der Waals surface area (Å²) in [5.74, 6) is 0. The molecule has 6 nitrogen and oxygen atoms in total. The summed E-state index contributed by atoms with van der Waals surface area (Å²) in [5.41, 5.74) is 2.45. The average Bonchev–Trinajstić information content (AvgIpc) is 2.69. The van der Waals surface area contributed by atoms with Crippen LogP contribution >= 0.6 is 7.60 Å². The van der Waals surface area contributed by atoms with Gasteiger partial charge in [-0.05, 0) is 50.2 Å². The van der Waals surface area contributed by atoms with Crippen LogP contribution in [0.15, 0.2) is 60.9 Å². The largest absolute Gasteiger partial charge is 0.363 e. The smallest absolute Gasteiger partial charge is 0.305 e. The van der Waals surface area contributed by atoms with Crippen LogP contribution in [-0.2, 0) is 13.6 Å². The zero-order chi connectivity index (χ0) is 18.4. The second-order valence-corrected chi connectivity index (χ2v) is 7.32. The molecule has 0 saturated heterocycles. The first-order valence-corrected chi connectivity index (χ1v) is 9.95. The normalized spacial score (nSPS) is 11.5. The highest BCUT2D eigenvalue weighted by Gasteiger charge is 2.31. The maximum Gasteiger partial charge on any atom is 0.363 e. The molecule has 3 heterocycles. The number of aromatic nitrogens is 3. The lowest BCUT2D eigenvalue weighted by Gasteiger charge is -2.20. The van der Waals surface area contributed by atoms with Gasteiger partial charge in [-0.1, -0.05) is 12.1 Å². The molecular formula is C19H20N3O3P. The van der Waals surface area contributed by atoms with Gasteiger partial charge in [-0.15, -0.1) is 0 Å². The summed E-state index contributed by atoms with van der Waals surface area (Å²) < 4.78 is 24.4. The van der Waals surface area contributed by atoms with Crippen LogP contribution in [0.25, 0.3) is 22.8 Å². The van der Waals surface area contributed by atoms with Gasteiger partial charge in [0, 0.05) is 12.4 Å². The molecule has 3 aromatic heterocycles. The molecule has 0 aromatic carbocycles. The van der Waals surface area contributed by atoms with Crippen molar-refractivity contribution in [2.45, 2.75) is 13.8 Å². The summed E-state index contributed by atoms with van der Waals surface area (Å²) in [7, 11) is -3.51. The monoisotopic (exact) mass is 369 g/mol. The molecule has 3 rings (SSSR count). The lowest BCUT2D eigenvalue weighted by atomic mass is 10.2. The molecule has 0 unspecified atom stereocenters. The average molecular weight is 369 g/mol. The fourth-order valence-corrected chi connectivity index (χ4v) is 4.25. The zero-order valence-electron chi connectivity index (χ0n) is 14.7. The highest BCUT2D eigenvalue weighted by atomic mass is 31.2. The molecule has 0 fully saturated rings. The van der Waals surface area contributed by atoms with E-state index in [1.54, 1.807) is 38.4 Å². The van der Waals surface area contributed by atoms with Gasteiger partial charge in [0.25, 0.3) is 0 Å². The second-order valence-electron chi connectivity index (χ2n) is 5.33. The van der Waals surface area contributed by atoms with Crippen LogP contribution in [0.4, 0.5) is 0 Å². The molecular weight excluding hydrogens is 349 g/mol. The predicted molar refractivity (Wildman–Crippen MR) is 101 cm³/mol. The molecule has 0 saturated carbocycles. The van der Waals surface area contributed by atoms with Crippen LogP contribution in [0.5, 0.6) is 0 Å². The lowest BCUT2D eigenvalue weighted by Crippen LogP contribution is -2.16. The van der Waals surface area contributed by atoms with Crippen molar-refractivity contribution in [3.8, 4) is 22.8 Å². The lowest BCUT2D eigenvalue weighted by molar-refractivity contribution is 0.230. The Bertz CT molecular complexity index is 894. The Balaban J connectivity index is 2.20. The molecule has 134 valence electrons. The van der Waals surface area contributed by atoms with Gasteiger partial charge in [-0.2, -0.15) is 0 Å². The Morgan fingerprint density at radius 1 is 0.808 bits per heavy atom. The van der Waals surface area contributed by atoms with Crippen LogP contribution in [0.2, 0.25) is 0 Å². The Hall–Kier alpha value is -2.40. The summed E-state index contributed by atoms with van der Waals surface area (Å²) in [4.78, 5) is 13.4. The van der Waals surface area contributed by atoms with E-state index in [2.05, 4.69) is 15.0 Å². The molecule has 0 radical (unpaired) electrons. The van der Waals surface area contributed by atoms with E-state index in [-0.39, 0.29) is 13.2 Å².